The molecule has 0 saturated carbocycles. The Bertz CT molecular complexity index is 472. The van der Waals surface area contributed by atoms with Gasteiger partial charge in [-0.2, -0.15) is 0 Å². The van der Waals surface area contributed by atoms with E-state index in [0.717, 1.165) is 37.0 Å². The van der Waals surface area contributed by atoms with Crippen LogP contribution in [0, 0.1) is 0 Å². The number of hydrogen-bond donors (Lipinski definition) is 0. The fraction of sp³-hybridized carbons (Fsp3) is 0.421. The lowest BCUT2D eigenvalue weighted by Crippen LogP contribution is -2.01. The number of benzene rings is 1. The lowest BCUT2D eigenvalue weighted by molar-refractivity contribution is -0.116. The lowest BCUT2D eigenvalue weighted by Gasteiger charge is -2.10. The fourth-order valence-electron chi connectivity index (χ4n) is 1.95. The van der Waals surface area contributed by atoms with Crippen molar-refractivity contribution in [3.63, 3.8) is 0 Å². The van der Waals surface area contributed by atoms with Gasteiger partial charge < -0.3 is 9.53 Å². The summed E-state index contributed by atoms with van der Waals surface area (Å²) in [6.45, 7) is 4.43. The zero-order chi connectivity index (χ0) is 15.3. The highest BCUT2D eigenvalue weighted by atomic mass is 16.5. The van der Waals surface area contributed by atoms with E-state index in [1.54, 1.807) is 6.92 Å². The number of hydrogen-bond acceptors (Lipinski definition) is 2. The molecule has 1 rings (SSSR count). The van der Waals surface area contributed by atoms with Gasteiger partial charge in [0.15, 0.2) is 0 Å². The maximum Gasteiger partial charge on any atom is 0.130 e. The number of carbonyl (C=O) groups is 1. The van der Waals surface area contributed by atoms with E-state index in [4.69, 9.17) is 4.74 Å². The highest BCUT2D eigenvalue weighted by molar-refractivity contribution is 5.75. The van der Waals surface area contributed by atoms with E-state index in [9.17, 15) is 4.79 Å². The summed E-state index contributed by atoms with van der Waals surface area (Å²) in [5.74, 6) is 1.12. The monoisotopic (exact) mass is 286 g/mol. The molecular formula is C19H26O2. The Balaban J connectivity index is 2.34. The number of para-hydroxylation sites is 1. The summed E-state index contributed by atoms with van der Waals surface area (Å²) in [5, 5.41) is 0. The summed E-state index contributed by atoms with van der Waals surface area (Å²) in [6, 6.07) is 7.97. The number of rotatable bonds is 10. The number of carbonyl (C=O) groups excluding carboxylic acids is 1. The van der Waals surface area contributed by atoms with Crippen LogP contribution >= 0.6 is 0 Å². The number of aryl methyl sites for hydroxylation is 1. The minimum Gasteiger partial charge on any atom is -0.493 e. The zero-order valence-corrected chi connectivity index (χ0v) is 13.2. The molecular weight excluding hydrogens is 260 g/mol. The molecule has 2 nitrogen and oxygen atoms in total. The molecule has 114 valence electrons. The fourth-order valence-corrected chi connectivity index (χ4v) is 1.95. The number of ketones is 1. The molecule has 0 aliphatic heterocycles. The normalized spacial score (nSPS) is 11.3. The second-order valence-electron chi connectivity index (χ2n) is 5.03. The third kappa shape index (κ3) is 8.13. The first-order valence-corrected chi connectivity index (χ1v) is 7.74. The van der Waals surface area contributed by atoms with Gasteiger partial charge in [0, 0.05) is 6.42 Å². The minimum absolute atomic E-state index is 0.216. The van der Waals surface area contributed by atoms with Gasteiger partial charge in [-0.05, 0) is 44.2 Å². The average molecular weight is 286 g/mol. The van der Waals surface area contributed by atoms with Gasteiger partial charge in [-0.1, -0.05) is 49.4 Å². The topological polar surface area (TPSA) is 26.3 Å². The summed E-state index contributed by atoms with van der Waals surface area (Å²) in [6.07, 6.45) is 13.0. The highest BCUT2D eigenvalue weighted by Gasteiger charge is 2.03. The first-order chi connectivity index (χ1) is 10.2. The van der Waals surface area contributed by atoms with Gasteiger partial charge in [-0.25, -0.2) is 0 Å². The van der Waals surface area contributed by atoms with Crippen LogP contribution in [0.4, 0.5) is 0 Å². The van der Waals surface area contributed by atoms with Crippen molar-refractivity contribution < 1.29 is 9.53 Å². The predicted octanol–water partition coefficient (Wildman–Crippen LogP) is 4.89. The van der Waals surface area contributed by atoms with Crippen LogP contribution in [0.2, 0.25) is 0 Å². The molecule has 0 bridgehead atoms. The average Bonchev–Trinajstić information content (AvgIpc) is 2.48. The van der Waals surface area contributed by atoms with Crippen LogP contribution in [-0.4, -0.2) is 12.4 Å². The van der Waals surface area contributed by atoms with Crippen LogP contribution in [0.1, 0.15) is 45.1 Å². The Morgan fingerprint density at radius 1 is 1.14 bits per heavy atom. The molecule has 0 aliphatic carbocycles. The molecule has 0 atom stereocenters. The molecule has 0 N–H and O–H groups in total. The third-order valence-corrected chi connectivity index (χ3v) is 3.10. The van der Waals surface area contributed by atoms with Gasteiger partial charge in [-0.15, -0.1) is 0 Å². The molecule has 0 unspecified atom stereocenters. The van der Waals surface area contributed by atoms with Crippen LogP contribution in [0.3, 0.4) is 0 Å². The molecule has 0 heterocycles. The SMILES string of the molecule is CC/C=C\C/C=C\CCOc1ccccc1CCC(C)=O. The van der Waals surface area contributed by atoms with Gasteiger partial charge in [0.1, 0.15) is 11.5 Å². The minimum atomic E-state index is 0.216. The van der Waals surface area contributed by atoms with E-state index in [-0.39, 0.29) is 5.78 Å². The van der Waals surface area contributed by atoms with Crippen LogP contribution in [0.15, 0.2) is 48.6 Å². The Morgan fingerprint density at radius 3 is 2.67 bits per heavy atom. The van der Waals surface area contributed by atoms with Crippen LogP contribution in [0.25, 0.3) is 0 Å². The van der Waals surface area contributed by atoms with Crippen LogP contribution < -0.4 is 4.74 Å². The van der Waals surface area contributed by atoms with Gasteiger partial charge in [0.05, 0.1) is 6.61 Å². The maximum atomic E-state index is 11.1. The van der Waals surface area contributed by atoms with Gasteiger partial charge >= 0.3 is 0 Å². The zero-order valence-electron chi connectivity index (χ0n) is 13.2. The Hall–Kier alpha value is -1.83. The van der Waals surface area contributed by atoms with Gasteiger partial charge in [0.2, 0.25) is 0 Å². The summed E-state index contributed by atoms with van der Waals surface area (Å²) < 4.78 is 5.82. The van der Waals surface area contributed by atoms with Crippen molar-refractivity contribution in [1.82, 2.24) is 0 Å². The van der Waals surface area contributed by atoms with E-state index in [1.165, 1.54) is 0 Å². The summed E-state index contributed by atoms with van der Waals surface area (Å²) in [7, 11) is 0. The van der Waals surface area contributed by atoms with Crippen LogP contribution in [0.5, 0.6) is 5.75 Å². The third-order valence-electron chi connectivity index (χ3n) is 3.10. The molecule has 0 aromatic heterocycles. The largest absolute Gasteiger partial charge is 0.493 e. The van der Waals surface area contributed by atoms with Crippen molar-refractivity contribution in [3.8, 4) is 5.75 Å². The van der Waals surface area contributed by atoms with Crippen molar-refractivity contribution >= 4 is 5.78 Å². The highest BCUT2D eigenvalue weighted by Crippen LogP contribution is 2.19. The Morgan fingerprint density at radius 2 is 1.90 bits per heavy atom. The van der Waals surface area contributed by atoms with E-state index in [2.05, 4.69) is 31.2 Å². The Labute approximate surface area is 128 Å². The van der Waals surface area contributed by atoms with E-state index < -0.39 is 0 Å². The van der Waals surface area contributed by atoms with Crippen molar-refractivity contribution in [2.75, 3.05) is 6.61 Å². The molecule has 1 aromatic rings. The quantitative estimate of drug-likeness (QED) is 0.452. The first-order valence-electron chi connectivity index (χ1n) is 7.74. The van der Waals surface area contributed by atoms with Gasteiger partial charge in [0.25, 0.3) is 0 Å². The molecule has 1 aromatic carbocycles. The molecule has 21 heavy (non-hydrogen) atoms. The van der Waals surface area contributed by atoms with Gasteiger partial charge in [-0.3, -0.25) is 0 Å². The van der Waals surface area contributed by atoms with E-state index in [1.807, 2.05) is 24.3 Å². The second-order valence-corrected chi connectivity index (χ2v) is 5.03. The summed E-state index contributed by atoms with van der Waals surface area (Å²) >= 11 is 0. The van der Waals surface area contributed by atoms with E-state index >= 15 is 0 Å². The summed E-state index contributed by atoms with van der Waals surface area (Å²) in [4.78, 5) is 11.1. The lowest BCUT2D eigenvalue weighted by atomic mass is 10.1. The molecule has 0 aliphatic rings. The van der Waals surface area contributed by atoms with Crippen molar-refractivity contribution in [1.29, 1.82) is 0 Å². The standard InChI is InChI=1S/C19H26O2/c1-3-4-5-6-7-8-11-16-21-19-13-10-9-12-18(19)15-14-17(2)20/h4-5,7-10,12-13H,3,6,11,14-16H2,1-2H3/b5-4-,8-7-. The van der Waals surface area contributed by atoms with Crippen molar-refractivity contribution in [2.45, 2.75) is 46.0 Å². The first kappa shape index (κ1) is 17.2. The number of allylic oxidation sites excluding steroid dienone is 3. The molecule has 0 fully saturated rings. The van der Waals surface area contributed by atoms with Crippen molar-refractivity contribution in [3.05, 3.63) is 54.1 Å². The number of ether oxygens (including phenoxy) is 1. The van der Waals surface area contributed by atoms with Crippen LogP contribution in [-0.2, 0) is 11.2 Å². The number of Topliss-reactive ketones (excluding diaryl/α,β-unsaturated/α-hetero) is 1. The molecule has 0 saturated heterocycles. The second kappa shape index (κ2) is 10.9. The molecule has 0 amide bonds. The molecule has 2 heteroatoms. The molecule has 0 spiro atoms. The van der Waals surface area contributed by atoms with Crippen molar-refractivity contribution in [2.24, 2.45) is 0 Å². The predicted molar refractivity (Wildman–Crippen MR) is 88.7 cm³/mol. The Kier molecular flexibility index (Phi) is 8.94. The maximum absolute atomic E-state index is 11.1. The van der Waals surface area contributed by atoms with E-state index in [0.29, 0.717) is 13.0 Å². The molecule has 0 radical (unpaired) electrons. The summed E-state index contributed by atoms with van der Waals surface area (Å²) in [5.41, 5.74) is 1.11. The smallest absolute Gasteiger partial charge is 0.130 e.